The Morgan fingerprint density at radius 1 is 1.06 bits per heavy atom. The standard InChI is InChI=1S/C16H33NO/c1-2-3-4-5-6-7-8-12-17-13-9-10-16(15-17)11-14-18/h16,18H,2-15H2,1H3. The first kappa shape index (κ1) is 16.0. The Hall–Kier alpha value is -0.0800. The van der Waals surface area contributed by atoms with E-state index in [9.17, 15) is 0 Å². The molecule has 0 bridgehead atoms. The summed E-state index contributed by atoms with van der Waals surface area (Å²) in [6, 6.07) is 0. The number of piperidine rings is 1. The summed E-state index contributed by atoms with van der Waals surface area (Å²) >= 11 is 0. The Morgan fingerprint density at radius 2 is 1.78 bits per heavy atom. The second-order valence-electron chi connectivity index (χ2n) is 5.94. The second-order valence-corrected chi connectivity index (χ2v) is 5.94. The summed E-state index contributed by atoms with van der Waals surface area (Å²) in [7, 11) is 0. The lowest BCUT2D eigenvalue weighted by atomic mass is 9.95. The van der Waals surface area contributed by atoms with Crippen molar-refractivity contribution in [1.29, 1.82) is 0 Å². The highest BCUT2D eigenvalue weighted by atomic mass is 16.3. The van der Waals surface area contributed by atoms with Gasteiger partial charge in [0, 0.05) is 13.2 Å². The van der Waals surface area contributed by atoms with Gasteiger partial charge in [-0.3, -0.25) is 0 Å². The maximum atomic E-state index is 9.00. The highest BCUT2D eigenvalue weighted by Crippen LogP contribution is 2.19. The van der Waals surface area contributed by atoms with Crippen molar-refractivity contribution in [2.75, 3.05) is 26.2 Å². The average molecular weight is 255 g/mol. The Balaban J connectivity index is 1.94. The summed E-state index contributed by atoms with van der Waals surface area (Å²) in [4.78, 5) is 2.62. The molecule has 2 heteroatoms. The summed E-state index contributed by atoms with van der Waals surface area (Å²) < 4.78 is 0. The summed E-state index contributed by atoms with van der Waals surface area (Å²) in [6.45, 7) is 6.46. The van der Waals surface area contributed by atoms with Crippen LogP contribution in [-0.2, 0) is 0 Å². The Morgan fingerprint density at radius 3 is 2.50 bits per heavy atom. The molecule has 0 spiro atoms. The molecule has 1 heterocycles. The summed E-state index contributed by atoms with van der Waals surface area (Å²) in [5.74, 6) is 0.758. The number of hydrogen-bond acceptors (Lipinski definition) is 2. The zero-order valence-electron chi connectivity index (χ0n) is 12.4. The Bertz CT molecular complexity index is 182. The van der Waals surface area contributed by atoms with Gasteiger partial charge in [0.15, 0.2) is 0 Å². The lowest BCUT2D eigenvalue weighted by Gasteiger charge is -2.32. The van der Waals surface area contributed by atoms with Crippen molar-refractivity contribution in [3.63, 3.8) is 0 Å². The zero-order chi connectivity index (χ0) is 13.1. The van der Waals surface area contributed by atoms with Gasteiger partial charge in [-0.25, -0.2) is 0 Å². The van der Waals surface area contributed by atoms with Crippen LogP contribution in [0.1, 0.15) is 71.1 Å². The third-order valence-corrected chi connectivity index (χ3v) is 4.22. The summed E-state index contributed by atoms with van der Waals surface area (Å²) in [5, 5.41) is 9.00. The zero-order valence-corrected chi connectivity index (χ0v) is 12.4. The molecule has 0 radical (unpaired) electrons. The van der Waals surface area contributed by atoms with Crippen molar-refractivity contribution < 1.29 is 5.11 Å². The average Bonchev–Trinajstić information content (AvgIpc) is 2.39. The molecule has 108 valence electrons. The van der Waals surface area contributed by atoms with E-state index in [-0.39, 0.29) is 0 Å². The maximum absolute atomic E-state index is 9.00. The smallest absolute Gasteiger partial charge is 0.0434 e. The number of likely N-dealkylation sites (tertiary alicyclic amines) is 1. The van der Waals surface area contributed by atoms with E-state index in [0.29, 0.717) is 6.61 Å². The summed E-state index contributed by atoms with van der Waals surface area (Å²) in [5.41, 5.74) is 0. The van der Waals surface area contributed by atoms with Gasteiger partial charge in [-0.2, -0.15) is 0 Å². The normalized spacial score (nSPS) is 21.3. The lowest BCUT2D eigenvalue weighted by Crippen LogP contribution is -2.36. The minimum Gasteiger partial charge on any atom is -0.396 e. The largest absolute Gasteiger partial charge is 0.396 e. The lowest BCUT2D eigenvalue weighted by molar-refractivity contribution is 0.146. The fraction of sp³-hybridized carbons (Fsp3) is 1.00. The molecule has 2 nitrogen and oxygen atoms in total. The van der Waals surface area contributed by atoms with Gasteiger partial charge in [-0.1, -0.05) is 45.4 Å². The van der Waals surface area contributed by atoms with Crippen molar-refractivity contribution in [2.24, 2.45) is 5.92 Å². The van der Waals surface area contributed by atoms with Crippen LogP contribution in [0.25, 0.3) is 0 Å². The predicted molar refractivity (Wildman–Crippen MR) is 78.9 cm³/mol. The van der Waals surface area contributed by atoms with Crippen LogP contribution in [0.15, 0.2) is 0 Å². The molecular weight excluding hydrogens is 222 g/mol. The van der Waals surface area contributed by atoms with Crippen LogP contribution >= 0.6 is 0 Å². The molecule has 0 amide bonds. The van der Waals surface area contributed by atoms with Crippen molar-refractivity contribution in [3.05, 3.63) is 0 Å². The van der Waals surface area contributed by atoms with Gasteiger partial charge in [-0.05, 0) is 44.7 Å². The highest BCUT2D eigenvalue weighted by molar-refractivity contribution is 4.72. The van der Waals surface area contributed by atoms with Gasteiger partial charge in [0.1, 0.15) is 0 Å². The first-order chi connectivity index (χ1) is 8.86. The quantitative estimate of drug-likeness (QED) is 0.600. The first-order valence-corrected chi connectivity index (χ1v) is 8.20. The molecule has 1 aliphatic rings. The second kappa shape index (κ2) is 10.8. The molecule has 0 saturated carbocycles. The molecule has 0 aromatic heterocycles. The number of unbranched alkanes of at least 4 members (excludes halogenated alkanes) is 6. The molecule has 1 saturated heterocycles. The predicted octanol–water partition coefficient (Wildman–Crippen LogP) is 3.83. The van der Waals surface area contributed by atoms with Crippen LogP contribution in [-0.4, -0.2) is 36.2 Å². The van der Waals surface area contributed by atoms with E-state index in [1.54, 1.807) is 0 Å². The topological polar surface area (TPSA) is 23.5 Å². The van der Waals surface area contributed by atoms with E-state index in [1.165, 1.54) is 77.4 Å². The molecule has 0 aromatic rings. The molecule has 1 fully saturated rings. The Kier molecular flexibility index (Phi) is 9.59. The number of nitrogens with zero attached hydrogens (tertiary/aromatic N) is 1. The molecule has 0 aromatic carbocycles. The molecule has 1 rings (SSSR count). The van der Waals surface area contributed by atoms with Crippen LogP contribution in [0.3, 0.4) is 0 Å². The molecule has 1 aliphatic heterocycles. The highest BCUT2D eigenvalue weighted by Gasteiger charge is 2.18. The third kappa shape index (κ3) is 7.38. The minimum atomic E-state index is 0.371. The van der Waals surface area contributed by atoms with Crippen molar-refractivity contribution in [3.8, 4) is 0 Å². The van der Waals surface area contributed by atoms with Crippen LogP contribution < -0.4 is 0 Å². The van der Waals surface area contributed by atoms with E-state index in [4.69, 9.17) is 5.11 Å². The third-order valence-electron chi connectivity index (χ3n) is 4.22. The van der Waals surface area contributed by atoms with Crippen molar-refractivity contribution >= 4 is 0 Å². The van der Waals surface area contributed by atoms with Gasteiger partial charge in [0.2, 0.25) is 0 Å². The number of aliphatic hydroxyl groups is 1. The fourth-order valence-electron chi connectivity index (χ4n) is 3.07. The summed E-state index contributed by atoms with van der Waals surface area (Å²) in [6.07, 6.45) is 13.5. The minimum absolute atomic E-state index is 0.371. The maximum Gasteiger partial charge on any atom is 0.0434 e. The van der Waals surface area contributed by atoms with Gasteiger partial charge in [-0.15, -0.1) is 0 Å². The molecule has 1 N–H and O–H groups in total. The number of hydrogen-bond donors (Lipinski definition) is 1. The van der Waals surface area contributed by atoms with Gasteiger partial charge < -0.3 is 10.0 Å². The molecule has 0 aliphatic carbocycles. The van der Waals surface area contributed by atoms with Crippen LogP contribution in [0.5, 0.6) is 0 Å². The van der Waals surface area contributed by atoms with Gasteiger partial charge >= 0.3 is 0 Å². The van der Waals surface area contributed by atoms with Gasteiger partial charge in [0.25, 0.3) is 0 Å². The van der Waals surface area contributed by atoms with Crippen molar-refractivity contribution in [2.45, 2.75) is 71.1 Å². The van der Waals surface area contributed by atoms with Crippen molar-refractivity contribution in [1.82, 2.24) is 4.90 Å². The monoisotopic (exact) mass is 255 g/mol. The molecule has 18 heavy (non-hydrogen) atoms. The number of aliphatic hydroxyl groups excluding tert-OH is 1. The van der Waals surface area contributed by atoms with E-state index in [1.807, 2.05) is 0 Å². The van der Waals surface area contributed by atoms with E-state index in [0.717, 1.165) is 12.3 Å². The van der Waals surface area contributed by atoms with Crippen LogP contribution in [0, 0.1) is 5.92 Å². The molecular formula is C16H33NO. The Labute approximate surface area is 114 Å². The fourth-order valence-corrected chi connectivity index (χ4v) is 3.07. The van der Waals surface area contributed by atoms with E-state index >= 15 is 0 Å². The van der Waals surface area contributed by atoms with Crippen LogP contribution in [0.4, 0.5) is 0 Å². The molecule has 1 atom stereocenters. The SMILES string of the molecule is CCCCCCCCCN1CCCC(CCO)C1. The van der Waals surface area contributed by atoms with E-state index in [2.05, 4.69) is 11.8 Å². The first-order valence-electron chi connectivity index (χ1n) is 8.20. The van der Waals surface area contributed by atoms with Crippen LogP contribution in [0.2, 0.25) is 0 Å². The number of rotatable bonds is 10. The van der Waals surface area contributed by atoms with Gasteiger partial charge in [0.05, 0.1) is 0 Å². The molecule has 1 unspecified atom stereocenters. The van der Waals surface area contributed by atoms with E-state index < -0.39 is 0 Å².